The van der Waals surface area contributed by atoms with E-state index in [0.717, 1.165) is 38.9 Å². The SMILES string of the molecule is CC(C)N=C(N=CN)c1nc2c(s1)CCOc1ccc(C3CN(C(=O)[C@H](C)O)C3)cc1-2. The zero-order valence-corrected chi connectivity index (χ0v) is 18.7. The molecule has 0 aliphatic carbocycles. The molecule has 1 fully saturated rings. The van der Waals surface area contributed by atoms with Gasteiger partial charge in [0.05, 0.1) is 18.6 Å². The molecule has 1 saturated heterocycles. The molecule has 8 nitrogen and oxygen atoms in total. The molecule has 3 N–H and O–H groups in total. The minimum Gasteiger partial charge on any atom is -0.493 e. The fourth-order valence-electron chi connectivity index (χ4n) is 3.79. The summed E-state index contributed by atoms with van der Waals surface area (Å²) in [6, 6.07) is 6.23. The number of amides is 1. The van der Waals surface area contributed by atoms with Gasteiger partial charge in [0.1, 0.15) is 11.9 Å². The molecule has 0 radical (unpaired) electrons. The Kier molecular flexibility index (Phi) is 6.06. The molecule has 1 amide bonds. The van der Waals surface area contributed by atoms with Gasteiger partial charge >= 0.3 is 0 Å². The summed E-state index contributed by atoms with van der Waals surface area (Å²) in [5.74, 6) is 1.36. The number of rotatable bonds is 4. The van der Waals surface area contributed by atoms with Crippen molar-refractivity contribution in [1.29, 1.82) is 0 Å². The quantitative estimate of drug-likeness (QED) is 0.558. The van der Waals surface area contributed by atoms with E-state index in [2.05, 4.69) is 22.1 Å². The maximum Gasteiger partial charge on any atom is 0.251 e. The van der Waals surface area contributed by atoms with Crippen molar-refractivity contribution in [3.63, 3.8) is 0 Å². The smallest absolute Gasteiger partial charge is 0.251 e. The number of likely N-dealkylation sites (tertiary alicyclic amines) is 1. The van der Waals surface area contributed by atoms with Crippen LogP contribution in [0.4, 0.5) is 0 Å². The molecule has 164 valence electrons. The van der Waals surface area contributed by atoms with Gasteiger partial charge in [-0.25, -0.2) is 9.98 Å². The number of benzene rings is 1. The first-order valence-electron chi connectivity index (χ1n) is 10.4. The molecule has 1 aromatic heterocycles. The molecule has 4 rings (SSSR count). The van der Waals surface area contributed by atoms with Gasteiger partial charge in [-0.05, 0) is 38.5 Å². The third-order valence-electron chi connectivity index (χ3n) is 5.33. The van der Waals surface area contributed by atoms with Crippen LogP contribution in [-0.2, 0) is 11.2 Å². The maximum absolute atomic E-state index is 12.0. The van der Waals surface area contributed by atoms with E-state index in [9.17, 15) is 9.90 Å². The summed E-state index contributed by atoms with van der Waals surface area (Å²) < 4.78 is 5.97. The van der Waals surface area contributed by atoms with Crippen LogP contribution >= 0.6 is 11.3 Å². The highest BCUT2D eigenvalue weighted by molar-refractivity contribution is 7.14. The molecule has 9 heteroatoms. The highest BCUT2D eigenvalue weighted by atomic mass is 32.1. The van der Waals surface area contributed by atoms with Crippen molar-refractivity contribution in [2.24, 2.45) is 15.7 Å². The molecule has 2 aliphatic heterocycles. The van der Waals surface area contributed by atoms with Crippen LogP contribution in [-0.4, -0.2) is 64.9 Å². The van der Waals surface area contributed by atoms with Crippen LogP contribution in [0, 0.1) is 0 Å². The molecule has 31 heavy (non-hydrogen) atoms. The van der Waals surface area contributed by atoms with E-state index in [-0.39, 0.29) is 17.9 Å². The van der Waals surface area contributed by atoms with Crippen molar-refractivity contribution in [1.82, 2.24) is 9.88 Å². The van der Waals surface area contributed by atoms with Gasteiger partial charge in [0, 0.05) is 41.9 Å². The van der Waals surface area contributed by atoms with Gasteiger partial charge in [-0.2, -0.15) is 0 Å². The third kappa shape index (κ3) is 4.33. The number of nitrogens with two attached hydrogens (primary N) is 1. The first-order valence-corrected chi connectivity index (χ1v) is 11.2. The number of carbonyl (C=O) groups is 1. The second-order valence-electron chi connectivity index (χ2n) is 8.09. The van der Waals surface area contributed by atoms with E-state index >= 15 is 0 Å². The number of hydrogen-bond acceptors (Lipinski definition) is 6. The molecule has 2 aromatic rings. The second kappa shape index (κ2) is 8.76. The first kappa shape index (κ1) is 21.5. The van der Waals surface area contributed by atoms with Crippen LogP contribution in [0.15, 0.2) is 28.2 Å². The number of hydrogen-bond donors (Lipinski definition) is 2. The standard InChI is InChI=1S/C22H27N5O3S/c1-12(2)25-20(24-11-23)21-26-19-16-8-14(15-9-27(10-15)22(29)13(3)28)4-5-17(16)30-7-6-18(19)31-21/h4-5,8,11-13,15,28H,6-7,9-10H2,1-3H3,(H2,23,24,25)/t13-/m0/s1. The highest BCUT2D eigenvalue weighted by Crippen LogP contribution is 2.40. The summed E-state index contributed by atoms with van der Waals surface area (Å²) in [6.45, 7) is 7.28. The topological polar surface area (TPSA) is 113 Å². The van der Waals surface area contributed by atoms with E-state index in [1.165, 1.54) is 13.3 Å². The molecule has 1 aromatic carbocycles. The number of aliphatic imine (C=N–C) groups is 2. The van der Waals surface area contributed by atoms with Crippen LogP contribution < -0.4 is 10.5 Å². The normalized spacial score (nSPS) is 17.7. The number of nitrogens with zero attached hydrogens (tertiary/aromatic N) is 4. The fraction of sp³-hybridized carbons (Fsp3) is 0.455. The molecule has 3 heterocycles. The summed E-state index contributed by atoms with van der Waals surface area (Å²) in [7, 11) is 0. The lowest BCUT2D eigenvalue weighted by Crippen LogP contribution is -2.51. The summed E-state index contributed by atoms with van der Waals surface area (Å²) in [4.78, 5) is 28.4. The molecule has 0 saturated carbocycles. The highest BCUT2D eigenvalue weighted by Gasteiger charge is 2.34. The molecule has 0 bridgehead atoms. The Morgan fingerprint density at radius 2 is 2.16 bits per heavy atom. The van der Waals surface area contributed by atoms with Crippen LogP contribution in [0.2, 0.25) is 0 Å². The van der Waals surface area contributed by atoms with E-state index in [0.29, 0.717) is 25.5 Å². The summed E-state index contributed by atoms with van der Waals surface area (Å²) in [6.07, 6.45) is 1.05. The van der Waals surface area contributed by atoms with Gasteiger partial charge in [-0.15, -0.1) is 11.3 Å². The Bertz CT molecular complexity index is 1040. The van der Waals surface area contributed by atoms with Gasteiger partial charge in [0.2, 0.25) is 0 Å². The van der Waals surface area contributed by atoms with Gasteiger partial charge < -0.3 is 20.5 Å². The lowest BCUT2D eigenvalue weighted by molar-refractivity contribution is -0.143. The Hall–Kier alpha value is -2.78. The molecule has 0 unspecified atom stereocenters. The first-order chi connectivity index (χ1) is 14.9. The minimum atomic E-state index is -0.963. The van der Waals surface area contributed by atoms with Gasteiger partial charge in [-0.1, -0.05) is 6.07 Å². The fourth-order valence-corrected chi connectivity index (χ4v) is 4.79. The van der Waals surface area contributed by atoms with Gasteiger partial charge in [0.25, 0.3) is 5.91 Å². The second-order valence-corrected chi connectivity index (χ2v) is 9.17. The van der Waals surface area contributed by atoms with Crippen LogP contribution in [0.1, 0.15) is 42.1 Å². The molecule has 0 spiro atoms. The van der Waals surface area contributed by atoms with Crippen molar-refractivity contribution in [2.45, 2.75) is 45.3 Å². The van der Waals surface area contributed by atoms with Crippen LogP contribution in [0.5, 0.6) is 5.75 Å². The number of carbonyl (C=O) groups excluding carboxylic acids is 1. The van der Waals surface area contributed by atoms with Crippen molar-refractivity contribution < 1.29 is 14.6 Å². The predicted octanol–water partition coefficient (Wildman–Crippen LogP) is 2.19. The summed E-state index contributed by atoms with van der Waals surface area (Å²) in [5, 5.41) is 10.3. The zero-order chi connectivity index (χ0) is 22.1. The number of ether oxygens (including phenoxy) is 1. The summed E-state index contributed by atoms with van der Waals surface area (Å²) >= 11 is 1.57. The zero-order valence-electron chi connectivity index (χ0n) is 17.9. The van der Waals surface area contributed by atoms with Crippen molar-refractivity contribution in [2.75, 3.05) is 19.7 Å². The maximum atomic E-state index is 12.0. The average molecular weight is 442 g/mol. The Labute approximate surface area is 185 Å². The van der Waals surface area contributed by atoms with E-state index in [1.54, 1.807) is 16.2 Å². The van der Waals surface area contributed by atoms with Crippen molar-refractivity contribution in [3.05, 3.63) is 33.6 Å². The molecular formula is C22H27N5O3S. The minimum absolute atomic E-state index is 0.0792. The Morgan fingerprint density at radius 1 is 1.39 bits per heavy atom. The van der Waals surface area contributed by atoms with Crippen LogP contribution in [0.3, 0.4) is 0 Å². The van der Waals surface area contributed by atoms with Crippen molar-refractivity contribution >= 4 is 29.4 Å². The number of aliphatic hydroxyl groups excluding tert-OH is 1. The number of aliphatic hydroxyl groups is 1. The van der Waals surface area contributed by atoms with Gasteiger partial charge in [-0.3, -0.25) is 9.79 Å². The Balaban J connectivity index is 1.66. The van der Waals surface area contributed by atoms with Crippen molar-refractivity contribution in [3.8, 4) is 17.0 Å². The van der Waals surface area contributed by atoms with E-state index in [1.807, 2.05) is 19.9 Å². The summed E-state index contributed by atoms with van der Waals surface area (Å²) in [5.41, 5.74) is 8.52. The lowest BCUT2D eigenvalue weighted by atomic mass is 9.89. The van der Waals surface area contributed by atoms with E-state index < -0.39 is 6.10 Å². The average Bonchev–Trinajstić information content (AvgIpc) is 3.03. The largest absolute Gasteiger partial charge is 0.493 e. The number of fused-ring (bicyclic) bond motifs is 3. The Morgan fingerprint density at radius 3 is 2.84 bits per heavy atom. The van der Waals surface area contributed by atoms with E-state index in [4.69, 9.17) is 15.5 Å². The third-order valence-corrected chi connectivity index (χ3v) is 6.44. The van der Waals surface area contributed by atoms with Crippen LogP contribution in [0.25, 0.3) is 11.3 Å². The number of aromatic nitrogens is 1. The molecule has 1 atom stereocenters. The number of thiazole rings is 1. The predicted molar refractivity (Wildman–Crippen MR) is 122 cm³/mol. The van der Waals surface area contributed by atoms with Gasteiger partial charge in [0.15, 0.2) is 10.8 Å². The molecular weight excluding hydrogens is 414 g/mol. The lowest BCUT2D eigenvalue weighted by Gasteiger charge is -2.40. The monoisotopic (exact) mass is 441 g/mol. The molecule has 2 aliphatic rings. The number of amidine groups is 1.